The van der Waals surface area contributed by atoms with Gasteiger partial charge in [0, 0.05) is 18.3 Å². The highest BCUT2D eigenvalue weighted by atomic mass is 19.2. The van der Waals surface area contributed by atoms with Crippen molar-refractivity contribution in [1.29, 1.82) is 0 Å². The van der Waals surface area contributed by atoms with Crippen molar-refractivity contribution in [2.45, 2.75) is 26.9 Å². The molecule has 6 nitrogen and oxygen atoms in total. The van der Waals surface area contributed by atoms with Crippen LogP contribution in [0.1, 0.15) is 13.8 Å². The Morgan fingerprint density at radius 2 is 1.75 bits per heavy atom. The monoisotopic (exact) mass is 387 g/mol. The molecule has 8 heteroatoms. The molecule has 0 atom stereocenters. The number of hydrogen-bond acceptors (Lipinski definition) is 3. The molecule has 3 rings (SSSR count). The first-order chi connectivity index (χ1) is 13.3. The molecule has 1 amide bonds. The first-order valence-corrected chi connectivity index (χ1v) is 8.75. The Balaban J connectivity index is 2.02. The van der Waals surface area contributed by atoms with E-state index in [-0.39, 0.29) is 24.7 Å². The highest BCUT2D eigenvalue weighted by Gasteiger charge is 2.16. The van der Waals surface area contributed by atoms with Crippen molar-refractivity contribution in [3.05, 3.63) is 74.9 Å². The molecule has 0 aliphatic carbocycles. The van der Waals surface area contributed by atoms with Gasteiger partial charge in [-0.05, 0) is 30.2 Å². The van der Waals surface area contributed by atoms with Crippen molar-refractivity contribution in [1.82, 2.24) is 9.13 Å². The van der Waals surface area contributed by atoms with Gasteiger partial charge in [-0.3, -0.25) is 18.7 Å². The fourth-order valence-corrected chi connectivity index (χ4v) is 2.97. The zero-order valence-electron chi connectivity index (χ0n) is 15.4. The molecule has 0 radical (unpaired) electrons. The highest BCUT2D eigenvalue weighted by Crippen LogP contribution is 2.14. The van der Waals surface area contributed by atoms with Crippen LogP contribution in [0.5, 0.6) is 0 Å². The van der Waals surface area contributed by atoms with Gasteiger partial charge in [0.15, 0.2) is 11.6 Å². The van der Waals surface area contributed by atoms with Crippen molar-refractivity contribution >= 4 is 22.5 Å². The van der Waals surface area contributed by atoms with E-state index in [2.05, 4.69) is 5.32 Å². The van der Waals surface area contributed by atoms with E-state index in [0.717, 1.165) is 16.7 Å². The molecule has 0 spiro atoms. The maximum atomic E-state index is 13.3. The summed E-state index contributed by atoms with van der Waals surface area (Å²) in [5, 5.41) is 2.76. The molecule has 0 aliphatic heterocycles. The van der Waals surface area contributed by atoms with Crippen molar-refractivity contribution in [3.63, 3.8) is 0 Å². The second-order valence-electron chi connectivity index (χ2n) is 6.87. The lowest BCUT2D eigenvalue weighted by Gasteiger charge is -2.15. The summed E-state index contributed by atoms with van der Waals surface area (Å²) in [7, 11) is 0. The van der Waals surface area contributed by atoms with E-state index >= 15 is 0 Å². The summed E-state index contributed by atoms with van der Waals surface area (Å²) in [5.74, 6) is -2.67. The summed E-state index contributed by atoms with van der Waals surface area (Å²) in [5.41, 5.74) is -0.612. The molecule has 3 aromatic rings. The number of nitrogens with zero attached hydrogens (tertiary/aromatic N) is 2. The van der Waals surface area contributed by atoms with Gasteiger partial charge in [0.25, 0.3) is 5.56 Å². The van der Waals surface area contributed by atoms with Gasteiger partial charge in [-0.2, -0.15) is 0 Å². The third-order valence-corrected chi connectivity index (χ3v) is 4.19. The second-order valence-corrected chi connectivity index (χ2v) is 6.87. The Morgan fingerprint density at radius 1 is 1.04 bits per heavy atom. The Morgan fingerprint density at radius 3 is 2.43 bits per heavy atom. The SMILES string of the molecule is CC(C)Cn1c(=O)c2ccccc2n(CC(=O)Nc2ccc(F)c(F)c2)c1=O. The zero-order valence-corrected chi connectivity index (χ0v) is 15.4. The van der Waals surface area contributed by atoms with Crippen LogP contribution in [0.4, 0.5) is 14.5 Å². The molecule has 0 saturated heterocycles. The predicted octanol–water partition coefficient (Wildman–Crippen LogP) is 2.74. The number of halogens is 2. The predicted molar refractivity (Wildman–Crippen MR) is 102 cm³/mol. The van der Waals surface area contributed by atoms with Gasteiger partial charge < -0.3 is 5.32 Å². The number of carbonyl (C=O) groups excluding carboxylic acids is 1. The molecule has 0 aliphatic rings. The zero-order chi connectivity index (χ0) is 20.4. The smallest absolute Gasteiger partial charge is 0.324 e. The largest absolute Gasteiger partial charge is 0.331 e. The summed E-state index contributed by atoms with van der Waals surface area (Å²) in [6, 6.07) is 9.50. The lowest BCUT2D eigenvalue weighted by atomic mass is 10.2. The van der Waals surface area contributed by atoms with Gasteiger partial charge in [-0.15, -0.1) is 0 Å². The highest BCUT2D eigenvalue weighted by molar-refractivity contribution is 5.91. The molecule has 1 aromatic heterocycles. The van der Waals surface area contributed by atoms with E-state index in [1.807, 2.05) is 13.8 Å². The number of fused-ring (bicyclic) bond motifs is 1. The average molecular weight is 387 g/mol. The molecule has 0 saturated carbocycles. The van der Waals surface area contributed by atoms with Gasteiger partial charge >= 0.3 is 5.69 Å². The normalized spacial score (nSPS) is 11.2. The van der Waals surface area contributed by atoms with Crippen molar-refractivity contribution < 1.29 is 13.6 Å². The minimum Gasteiger partial charge on any atom is -0.324 e. The Bertz CT molecular complexity index is 1170. The van der Waals surface area contributed by atoms with Gasteiger partial charge in [0.2, 0.25) is 5.91 Å². The molecular formula is C20H19F2N3O3. The number of carbonyl (C=O) groups is 1. The van der Waals surface area contributed by atoms with Crippen LogP contribution in [0, 0.1) is 17.6 Å². The molecular weight excluding hydrogens is 368 g/mol. The first kappa shape index (κ1) is 19.5. The van der Waals surface area contributed by atoms with Crippen LogP contribution in [0.25, 0.3) is 10.9 Å². The van der Waals surface area contributed by atoms with E-state index in [1.165, 1.54) is 10.6 Å². The average Bonchev–Trinajstić information content (AvgIpc) is 2.65. The number of rotatable bonds is 5. The summed E-state index contributed by atoms with van der Waals surface area (Å²) in [6.45, 7) is 3.59. The van der Waals surface area contributed by atoms with Crippen molar-refractivity contribution in [2.24, 2.45) is 5.92 Å². The molecule has 1 N–H and O–H groups in total. The maximum Gasteiger partial charge on any atom is 0.331 e. The Labute approximate surface area is 159 Å². The van der Waals surface area contributed by atoms with Gasteiger partial charge in [-0.1, -0.05) is 26.0 Å². The van der Waals surface area contributed by atoms with Gasteiger partial charge in [0.05, 0.1) is 10.9 Å². The fraction of sp³-hybridized carbons (Fsp3) is 0.250. The quantitative estimate of drug-likeness (QED) is 0.732. The van der Waals surface area contributed by atoms with Gasteiger partial charge in [0.1, 0.15) is 6.54 Å². The van der Waals surface area contributed by atoms with Crippen LogP contribution in [0.2, 0.25) is 0 Å². The number of aromatic nitrogens is 2. The molecule has 2 aromatic carbocycles. The number of anilines is 1. The summed E-state index contributed by atoms with van der Waals surface area (Å²) in [4.78, 5) is 37.9. The van der Waals surface area contributed by atoms with Crippen LogP contribution < -0.4 is 16.6 Å². The Hall–Kier alpha value is -3.29. The Kier molecular flexibility index (Phi) is 5.39. The minimum absolute atomic E-state index is 0.0519. The van der Waals surface area contributed by atoms with Crippen LogP contribution in [0.15, 0.2) is 52.1 Å². The van der Waals surface area contributed by atoms with E-state index in [4.69, 9.17) is 0 Å². The molecule has 0 unspecified atom stereocenters. The topological polar surface area (TPSA) is 73.1 Å². The first-order valence-electron chi connectivity index (χ1n) is 8.75. The van der Waals surface area contributed by atoms with E-state index in [9.17, 15) is 23.2 Å². The van der Waals surface area contributed by atoms with Gasteiger partial charge in [-0.25, -0.2) is 13.6 Å². The molecule has 28 heavy (non-hydrogen) atoms. The third kappa shape index (κ3) is 3.85. The van der Waals surface area contributed by atoms with E-state index in [0.29, 0.717) is 10.9 Å². The van der Waals surface area contributed by atoms with E-state index in [1.54, 1.807) is 24.3 Å². The molecule has 0 bridgehead atoms. The van der Waals surface area contributed by atoms with Crippen LogP contribution in [0.3, 0.4) is 0 Å². The summed E-state index contributed by atoms with van der Waals surface area (Å²) < 4.78 is 28.7. The number of para-hydroxylation sites is 1. The summed E-state index contributed by atoms with van der Waals surface area (Å²) >= 11 is 0. The number of amides is 1. The lowest BCUT2D eigenvalue weighted by molar-refractivity contribution is -0.116. The number of nitrogens with one attached hydrogen (secondary N) is 1. The standard InChI is InChI=1S/C20H19F2N3O3/c1-12(2)10-25-19(27)14-5-3-4-6-17(14)24(20(25)28)11-18(26)23-13-7-8-15(21)16(22)9-13/h3-9,12H,10-11H2,1-2H3,(H,23,26). The van der Waals surface area contributed by atoms with Crippen LogP contribution >= 0.6 is 0 Å². The number of benzene rings is 2. The second kappa shape index (κ2) is 7.75. The molecule has 0 fully saturated rings. The third-order valence-electron chi connectivity index (χ3n) is 4.19. The minimum atomic E-state index is -1.09. The van der Waals surface area contributed by atoms with Crippen molar-refractivity contribution in [3.8, 4) is 0 Å². The maximum absolute atomic E-state index is 13.3. The lowest BCUT2D eigenvalue weighted by Crippen LogP contribution is -2.42. The fourth-order valence-electron chi connectivity index (χ4n) is 2.97. The molecule has 1 heterocycles. The molecule has 146 valence electrons. The van der Waals surface area contributed by atoms with Crippen LogP contribution in [-0.4, -0.2) is 15.0 Å². The number of hydrogen-bond donors (Lipinski definition) is 1. The van der Waals surface area contributed by atoms with Crippen LogP contribution in [-0.2, 0) is 17.9 Å². The van der Waals surface area contributed by atoms with Crippen molar-refractivity contribution in [2.75, 3.05) is 5.32 Å². The van der Waals surface area contributed by atoms with E-state index < -0.39 is 28.8 Å². The summed E-state index contributed by atoms with van der Waals surface area (Å²) in [6.07, 6.45) is 0.